The monoisotopic (exact) mass is 428 g/mol. The van der Waals surface area contributed by atoms with Crippen LogP contribution in [0.25, 0.3) is 11.0 Å². The van der Waals surface area contributed by atoms with Gasteiger partial charge < -0.3 is 9.88 Å². The van der Waals surface area contributed by atoms with Crippen molar-refractivity contribution in [2.24, 2.45) is 0 Å². The standard InChI is InChI=1S/C25H21FN4O2/c1-2-29-21-14-13-19(26)15-20(21)27-22(29)16-30-23(31)25(28-24(30)32,17-9-5-3-6-10-17)18-11-7-4-8-12-18/h3-15H,2,16H2,1H3,(H,28,32). The largest absolute Gasteiger partial charge is 0.327 e. The summed E-state index contributed by atoms with van der Waals surface area (Å²) in [7, 11) is 0. The average molecular weight is 428 g/mol. The van der Waals surface area contributed by atoms with Gasteiger partial charge in [-0.2, -0.15) is 0 Å². The van der Waals surface area contributed by atoms with E-state index in [0.717, 1.165) is 5.52 Å². The van der Waals surface area contributed by atoms with Crippen molar-refractivity contribution in [3.8, 4) is 0 Å². The molecule has 0 bridgehead atoms. The Balaban J connectivity index is 1.60. The Morgan fingerprint density at radius 1 is 0.938 bits per heavy atom. The van der Waals surface area contributed by atoms with Crippen LogP contribution in [0.4, 0.5) is 9.18 Å². The molecule has 0 radical (unpaired) electrons. The average Bonchev–Trinajstić information content (AvgIpc) is 3.29. The van der Waals surface area contributed by atoms with Gasteiger partial charge in [-0.25, -0.2) is 14.2 Å². The van der Waals surface area contributed by atoms with Gasteiger partial charge in [0.25, 0.3) is 5.91 Å². The molecule has 32 heavy (non-hydrogen) atoms. The number of nitrogens with zero attached hydrogens (tertiary/aromatic N) is 3. The Morgan fingerprint density at radius 2 is 1.56 bits per heavy atom. The zero-order valence-corrected chi connectivity index (χ0v) is 17.5. The first kappa shape index (κ1) is 19.9. The molecular formula is C25H21FN4O2. The predicted octanol–water partition coefficient (Wildman–Crippen LogP) is 4.19. The molecule has 1 saturated heterocycles. The third kappa shape index (κ3) is 2.97. The second-order valence-electron chi connectivity index (χ2n) is 7.71. The molecule has 7 heteroatoms. The summed E-state index contributed by atoms with van der Waals surface area (Å²) in [6.45, 7) is 2.50. The zero-order chi connectivity index (χ0) is 22.3. The van der Waals surface area contributed by atoms with E-state index in [4.69, 9.17) is 0 Å². The van der Waals surface area contributed by atoms with Crippen LogP contribution < -0.4 is 5.32 Å². The number of fused-ring (bicyclic) bond motifs is 1. The highest BCUT2D eigenvalue weighted by atomic mass is 19.1. The van der Waals surface area contributed by atoms with E-state index >= 15 is 0 Å². The number of nitrogens with one attached hydrogen (secondary N) is 1. The van der Waals surface area contributed by atoms with E-state index in [1.54, 1.807) is 6.07 Å². The SMILES string of the molecule is CCn1c(CN2C(=O)NC(c3ccccc3)(c3ccccc3)C2=O)nc2cc(F)ccc21. The van der Waals surface area contributed by atoms with Crippen molar-refractivity contribution in [2.45, 2.75) is 25.6 Å². The Hall–Kier alpha value is -4.00. The first-order valence-electron chi connectivity index (χ1n) is 10.4. The van der Waals surface area contributed by atoms with E-state index < -0.39 is 11.6 Å². The first-order valence-corrected chi connectivity index (χ1v) is 10.4. The van der Waals surface area contributed by atoms with Gasteiger partial charge in [0.1, 0.15) is 11.6 Å². The number of halogens is 1. The summed E-state index contributed by atoms with van der Waals surface area (Å²) in [5.74, 6) is -0.235. The van der Waals surface area contributed by atoms with Crippen molar-refractivity contribution in [2.75, 3.05) is 0 Å². The molecule has 0 saturated carbocycles. The number of imidazole rings is 1. The van der Waals surface area contributed by atoms with Crippen molar-refractivity contribution in [3.05, 3.63) is 102 Å². The molecule has 0 atom stereocenters. The molecule has 1 aromatic heterocycles. The molecule has 1 aliphatic rings. The first-order chi connectivity index (χ1) is 15.5. The molecule has 1 aliphatic heterocycles. The maximum atomic E-state index is 13.9. The van der Waals surface area contributed by atoms with Crippen LogP contribution >= 0.6 is 0 Å². The maximum absolute atomic E-state index is 13.9. The number of amides is 3. The van der Waals surface area contributed by atoms with E-state index in [1.807, 2.05) is 72.2 Å². The molecule has 0 spiro atoms. The molecule has 6 nitrogen and oxygen atoms in total. The van der Waals surface area contributed by atoms with Crippen molar-refractivity contribution in [1.82, 2.24) is 19.8 Å². The van der Waals surface area contributed by atoms with Gasteiger partial charge in [0.15, 0.2) is 5.54 Å². The van der Waals surface area contributed by atoms with Gasteiger partial charge in [0.05, 0.1) is 17.6 Å². The third-order valence-corrected chi connectivity index (χ3v) is 5.92. The molecule has 3 aromatic carbocycles. The van der Waals surface area contributed by atoms with Gasteiger partial charge in [-0.1, -0.05) is 60.7 Å². The summed E-state index contributed by atoms with van der Waals surface area (Å²) >= 11 is 0. The maximum Gasteiger partial charge on any atom is 0.325 e. The number of rotatable bonds is 5. The van der Waals surface area contributed by atoms with E-state index in [-0.39, 0.29) is 18.3 Å². The lowest BCUT2D eigenvalue weighted by atomic mass is 9.82. The van der Waals surface area contributed by atoms with Gasteiger partial charge in [-0.05, 0) is 30.2 Å². The summed E-state index contributed by atoms with van der Waals surface area (Å²) < 4.78 is 15.6. The Morgan fingerprint density at radius 3 is 2.16 bits per heavy atom. The molecule has 1 N–H and O–H groups in total. The number of aryl methyl sites for hydroxylation is 1. The molecule has 5 rings (SSSR count). The van der Waals surface area contributed by atoms with Crippen molar-refractivity contribution < 1.29 is 14.0 Å². The highest BCUT2D eigenvalue weighted by Gasteiger charge is 2.53. The number of imide groups is 1. The van der Waals surface area contributed by atoms with Gasteiger partial charge in [-0.15, -0.1) is 0 Å². The lowest BCUT2D eigenvalue weighted by Gasteiger charge is -2.28. The van der Waals surface area contributed by atoms with Crippen LogP contribution in [0.15, 0.2) is 78.9 Å². The number of hydrogen-bond donors (Lipinski definition) is 1. The molecule has 0 aliphatic carbocycles. The van der Waals surface area contributed by atoms with Crippen LogP contribution in [0.2, 0.25) is 0 Å². The van der Waals surface area contributed by atoms with Gasteiger partial charge in [-0.3, -0.25) is 9.69 Å². The van der Waals surface area contributed by atoms with Crippen LogP contribution in [0.5, 0.6) is 0 Å². The van der Waals surface area contributed by atoms with Gasteiger partial charge in [0.2, 0.25) is 0 Å². The second-order valence-corrected chi connectivity index (χ2v) is 7.71. The summed E-state index contributed by atoms with van der Waals surface area (Å²) in [6.07, 6.45) is 0. The van der Waals surface area contributed by atoms with Crippen LogP contribution in [0.1, 0.15) is 23.9 Å². The Bertz CT molecular complexity index is 1280. The molecule has 160 valence electrons. The van der Waals surface area contributed by atoms with Crippen LogP contribution in [0.3, 0.4) is 0 Å². The molecule has 0 unspecified atom stereocenters. The zero-order valence-electron chi connectivity index (χ0n) is 17.5. The number of carbonyl (C=O) groups is 2. The molecule has 4 aromatic rings. The Labute approximate surface area is 184 Å². The number of hydrogen-bond acceptors (Lipinski definition) is 3. The van der Waals surface area contributed by atoms with Crippen molar-refractivity contribution in [3.63, 3.8) is 0 Å². The summed E-state index contributed by atoms with van der Waals surface area (Å²) in [4.78, 5) is 32.7. The number of urea groups is 1. The van der Waals surface area contributed by atoms with E-state index in [1.165, 1.54) is 17.0 Å². The fourth-order valence-electron chi connectivity index (χ4n) is 4.42. The highest BCUT2D eigenvalue weighted by molar-refractivity contribution is 6.09. The summed E-state index contributed by atoms with van der Waals surface area (Å²) in [6, 6.07) is 22.3. The lowest BCUT2D eigenvalue weighted by molar-refractivity contribution is -0.130. The minimum absolute atomic E-state index is 0.0176. The van der Waals surface area contributed by atoms with E-state index in [0.29, 0.717) is 29.0 Å². The number of aromatic nitrogens is 2. The molecule has 3 amide bonds. The van der Waals surface area contributed by atoms with E-state index in [2.05, 4.69) is 10.3 Å². The number of carbonyl (C=O) groups excluding carboxylic acids is 2. The minimum Gasteiger partial charge on any atom is -0.327 e. The summed E-state index contributed by atoms with van der Waals surface area (Å²) in [5.41, 5.74) is 1.28. The molecular weight excluding hydrogens is 407 g/mol. The van der Waals surface area contributed by atoms with Crippen molar-refractivity contribution in [1.29, 1.82) is 0 Å². The molecule has 2 heterocycles. The second kappa shape index (κ2) is 7.60. The fraction of sp³-hybridized carbons (Fsp3) is 0.160. The number of benzene rings is 3. The lowest BCUT2D eigenvalue weighted by Crippen LogP contribution is -2.45. The molecule has 1 fully saturated rings. The van der Waals surface area contributed by atoms with E-state index in [9.17, 15) is 14.0 Å². The Kier molecular flexibility index (Phi) is 4.74. The predicted molar refractivity (Wildman–Crippen MR) is 118 cm³/mol. The van der Waals surface area contributed by atoms with Crippen molar-refractivity contribution >= 4 is 23.0 Å². The minimum atomic E-state index is -1.32. The fourth-order valence-corrected chi connectivity index (χ4v) is 4.42. The summed E-state index contributed by atoms with van der Waals surface area (Å²) in [5, 5.41) is 2.94. The smallest absolute Gasteiger partial charge is 0.325 e. The normalized spacial score (nSPS) is 15.4. The quantitative estimate of drug-likeness (QED) is 0.485. The van der Waals surface area contributed by atoms with Gasteiger partial charge in [0, 0.05) is 12.6 Å². The van der Waals surface area contributed by atoms with Crippen LogP contribution in [-0.2, 0) is 23.4 Å². The highest BCUT2D eigenvalue weighted by Crippen LogP contribution is 2.36. The third-order valence-electron chi connectivity index (χ3n) is 5.92. The topological polar surface area (TPSA) is 67.2 Å². The van der Waals surface area contributed by atoms with Gasteiger partial charge >= 0.3 is 6.03 Å². The van der Waals surface area contributed by atoms with Crippen LogP contribution in [0, 0.1) is 5.82 Å². The van der Waals surface area contributed by atoms with Crippen LogP contribution in [-0.4, -0.2) is 26.4 Å².